The lowest BCUT2D eigenvalue weighted by atomic mass is 9.85. The van der Waals surface area contributed by atoms with Crippen molar-refractivity contribution in [1.82, 2.24) is 14.4 Å². The molecule has 3 saturated heterocycles. The van der Waals surface area contributed by atoms with Gasteiger partial charge < -0.3 is 9.47 Å². The molecule has 154 valence electrons. The number of hydrogen-bond donors (Lipinski definition) is 0. The smallest absolute Gasteiger partial charge is 0.243 e. The number of nitrogens with zero attached hydrogens (tertiary/aromatic N) is 3. The monoisotopic (exact) mass is 419 g/mol. The Balaban J connectivity index is 1.34. The maximum Gasteiger partial charge on any atom is 0.243 e. The van der Waals surface area contributed by atoms with E-state index in [4.69, 9.17) is 11.6 Å². The molecule has 3 aromatic rings. The van der Waals surface area contributed by atoms with Crippen LogP contribution in [-0.4, -0.2) is 38.9 Å². The van der Waals surface area contributed by atoms with E-state index in [1.807, 2.05) is 18.2 Å². The molecule has 6 rings (SSSR count). The van der Waals surface area contributed by atoms with Gasteiger partial charge in [0, 0.05) is 54.2 Å². The lowest BCUT2D eigenvalue weighted by molar-refractivity contribution is -0.137. The zero-order valence-electron chi connectivity index (χ0n) is 17.2. The minimum atomic E-state index is -0.305. The van der Waals surface area contributed by atoms with Crippen LogP contribution in [-0.2, 0) is 18.4 Å². The van der Waals surface area contributed by atoms with Crippen molar-refractivity contribution in [2.45, 2.75) is 37.4 Å². The molecule has 3 aliphatic heterocycles. The predicted octanol–water partition coefficient (Wildman–Crippen LogP) is 4.77. The van der Waals surface area contributed by atoms with Gasteiger partial charge in [0.1, 0.15) is 5.54 Å². The molecule has 0 N–H and O–H groups in total. The third kappa shape index (κ3) is 2.47. The highest BCUT2D eigenvalue weighted by atomic mass is 35.5. The highest BCUT2D eigenvalue weighted by Crippen LogP contribution is 2.56. The first kappa shape index (κ1) is 18.5. The largest absolute Gasteiger partial charge is 0.350 e. The van der Waals surface area contributed by atoms with Crippen LogP contribution < -0.4 is 0 Å². The number of hydrogen-bond acceptors (Lipinski definition) is 2. The minimum absolute atomic E-state index is 0.305. The molecule has 3 aliphatic rings. The molecule has 3 fully saturated rings. The van der Waals surface area contributed by atoms with Gasteiger partial charge in [-0.1, -0.05) is 41.9 Å². The molecular formula is C25H26ClN3O. The van der Waals surface area contributed by atoms with Crippen LogP contribution in [0.2, 0.25) is 5.02 Å². The Morgan fingerprint density at radius 1 is 1.17 bits per heavy atom. The Kier molecular flexibility index (Phi) is 4.06. The van der Waals surface area contributed by atoms with E-state index in [0.29, 0.717) is 24.4 Å². The Labute approximate surface area is 182 Å². The van der Waals surface area contributed by atoms with Gasteiger partial charge in [0.05, 0.1) is 0 Å². The van der Waals surface area contributed by atoms with E-state index in [2.05, 4.69) is 57.9 Å². The van der Waals surface area contributed by atoms with Crippen LogP contribution in [0, 0.1) is 5.92 Å². The standard InChI is InChI=1S/C25H26ClN3O/c1-27-16-21(20-8-2-3-9-22(20)27)23-13-18-15-28(14-17-6-4-7-19(26)12-17)24(30)25(18)10-5-11-29(23)25/h2-4,6-9,12,16,18,23H,5,10-11,13-15H2,1H3/t18-,23-,25-/m0/s1. The molecule has 1 spiro atoms. The van der Waals surface area contributed by atoms with Gasteiger partial charge in [0.2, 0.25) is 5.91 Å². The van der Waals surface area contributed by atoms with Crippen LogP contribution in [0.4, 0.5) is 0 Å². The summed E-state index contributed by atoms with van der Waals surface area (Å²) in [5.41, 5.74) is 3.47. The maximum absolute atomic E-state index is 13.8. The molecule has 4 heterocycles. The van der Waals surface area contributed by atoms with Crippen molar-refractivity contribution in [2.75, 3.05) is 13.1 Å². The van der Waals surface area contributed by atoms with Gasteiger partial charge in [-0.25, -0.2) is 0 Å². The van der Waals surface area contributed by atoms with Crippen LogP contribution in [0.1, 0.15) is 36.4 Å². The third-order valence-corrected chi connectivity index (χ3v) is 7.91. The van der Waals surface area contributed by atoms with Gasteiger partial charge in [0.15, 0.2) is 0 Å². The Hall–Kier alpha value is -2.30. The molecule has 3 atom stereocenters. The number of aromatic nitrogens is 1. The minimum Gasteiger partial charge on any atom is -0.350 e. The first-order valence-corrected chi connectivity index (χ1v) is 11.3. The van der Waals surface area contributed by atoms with Crippen molar-refractivity contribution in [3.05, 3.63) is 70.9 Å². The molecule has 1 aromatic heterocycles. The molecule has 0 radical (unpaired) electrons. The van der Waals surface area contributed by atoms with E-state index in [-0.39, 0.29) is 5.54 Å². The van der Waals surface area contributed by atoms with Gasteiger partial charge in [-0.2, -0.15) is 0 Å². The summed E-state index contributed by atoms with van der Waals surface area (Å²) in [5, 5.41) is 2.06. The summed E-state index contributed by atoms with van der Waals surface area (Å²) < 4.78 is 2.23. The Morgan fingerprint density at radius 3 is 2.90 bits per heavy atom. The Bertz CT molecular complexity index is 1150. The third-order valence-electron chi connectivity index (χ3n) is 7.68. The zero-order chi connectivity index (χ0) is 20.5. The van der Waals surface area contributed by atoms with E-state index < -0.39 is 0 Å². The van der Waals surface area contributed by atoms with Crippen molar-refractivity contribution in [2.24, 2.45) is 13.0 Å². The topological polar surface area (TPSA) is 28.5 Å². The lowest BCUT2D eigenvalue weighted by Gasteiger charge is -2.33. The summed E-state index contributed by atoms with van der Waals surface area (Å²) >= 11 is 6.17. The van der Waals surface area contributed by atoms with Crippen LogP contribution in [0.15, 0.2) is 54.7 Å². The SMILES string of the molecule is Cn1cc([C@@H]2C[C@H]3CN(Cc4cccc(Cl)c4)C(=O)[C@]34CCCN24)c2ccccc21. The number of para-hydroxylation sites is 1. The van der Waals surface area contributed by atoms with Crippen molar-refractivity contribution in [3.63, 3.8) is 0 Å². The van der Waals surface area contributed by atoms with Crippen LogP contribution in [0.3, 0.4) is 0 Å². The summed E-state index contributed by atoms with van der Waals surface area (Å²) in [5.74, 6) is 0.725. The maximum atomic E-state index is 13.8. The Morgan fingerprint density at radius 2 is 2.03 bits per heavy atom. The van der Waals surface area contributed by atoms with E-state index in [0.717, 1.165) is 42.9 Å². The zero-order valence-corrected chi connectivity index (χ0v) is 18.0. The molecule has 2 aromatic carbocycles. The van der Waals surface area contributed by atoms with Gasteiger partial charge in [-0.05, 0) is 55.1 Å². The predicted molar refractivity (Wildman–Crippen MR) is 119 cm³/mol. The summed E-state index contributed by atoms with van der Waals surface area (Å²) in [6.07, 6.45) is 5.45. The van der Waals surface area contributed by atoms with Gasteiger partial charge in [-0.3, -0.25) is 9.69 Å². The molecule has 4 nitrogen and oxygen atoms in total. The van der Waals surface area contributed by atoms with Crippen molar-refractivity contribution >= 4 is 28.4 Å². The molecule has 0 saturated carbocycles. The summed E-state index contributed by atoms with van der Waals surface area (Å²) in [6.45, 7) is 2.52. The van der Waals surface area contributed by atoms with Gasteiger partial charge in [-0.15, -0.1) is 0 Å². The van der Waals surface area contributed by atoms with Crippen molar-refractivity contribution in [1.29, 1.82) is 0 Å². The molecule has 5 heteroatoms. The highest BCUT2D eigenvalue weighted by Gasteiger charge is 2.65. The molecule has 0 aliphatic carbocycles. The molecule has 0 bridgehead atoms. The summed E-state index contributed by atoms with van der Waals surface area (Å²) in [4.78, 5) is 18.4. The number of carbonyl (C=O) groups is 1. The first-order valence-electron chi connectivity index (χ1n) is 10.9. The number of likely N-dealkylation sites (tertiary alicyclic amines) is 1. The van der Waals surface area contributed by atoms with Crippen LogP contribution in [0.25, 0.3) is 10.9 Å². The van der Waals surface area contributed by atoms with E-state index in [1.165, 1.54) is 16.5 Å². The fraction of sp³-hybridized carbons (Fsp3) is 0.400. The quantitative estimate of drug-likeness (QED) is 0.611. The second-order valence-electron chi connectivity index (χ2n) is 9.20. The fourth-order valence-corrected chi connectivity index (χ4v) is 6.72. The number of aryl methyl sites for hydroxylation is 1. The normalized spacial score (nSPS) is 28.5. The fourth-order valence-electron chi connectivity index (χ4n) is 6.50. The first-order chi connectivity index (χ1) is 14.6. The number of amides is 1. The van der Waals surface area contributed by atoms with E-state index in [9.17, 15) is 4.79 Å². The average molecular weight is 420 g/mol. The summed E-state index contributed by atoms with van der Waals surface area (Å²) in [7, 11) is 2.12. The van der Waals surface area contributed by atoms with Gasteiger partial charge in [0.25, 0.3) is 0 Å². The number of carbonyl (C=O) groups excluding carboxylic acids is 1. The van der Waals surface area contributed by atoms with E-state index in [1.54, 1.807) is 0 Å². The summed E-state index contributed by atoms with van der Waals surface area (Å²) in [6, 6.07) is 16.9. The highest BCUT2D eigenvalue weighted by molar-refractivity contribution is 6.30. The van der Waals surface area contributed by atoms with Gasteiger partial charge >= 0.3 is 0 Å². The van der Waals surface area contributed by atoms with Crippen molar-refractivity contribution in [3.8, 4) is 0 Å². The van der Waals surface area contributed by atoms with Crippen LogP contribution in [0.5, 0.6) is 0 Å². The number of halogens is 1. The molecule has 1 amide bonds. The number of benzene rings is 2. The van der Waals surface area contributed by atoms with Crippen LogP contribution >= 0.6 is 11.6 Å². The second kappa shape index (κ2) is 6.60. The molecular weight excluding hydrogens is 394 g/mol. The second-order valence-corrected chi connectivity index (χ2v) is 9.63. The lowest BCUT2D eigenvalue weighted by Crippen LogP contribution is -2.49. The van der Waals surface area contributed by atoms with E-state index >= 15 is 0 Å². The van der Waals surface area contributed by atoms with Crippen molar-refractivity contribution < 1.29 is 4.79 Å². The molecule has 0 unspecified atom stereocenters. The number of rotatable bonds is 3. The average Bonchev–Trinajstić information content (AvgIpc) is 3.44. The number of fused-ring (bicyclic) bond motifs is 1. The molecule has 30 heavy (non-hydrogen) atoms.